The topological polar surface area (TPSA) is 47.0 Å². The van der Waals surface area contributed by atoms with E-state index in [1.165, 1.54) is 18.2 Å². The van der Waals surface area contributed by atoms with Crippen LogP contribution in [0, 0.1) is 11.6 Å². The predicted octanol–water partition coefficient (Wildman–Crippen LogP) is 4.17. The Bertz CT molecular complexity index is 802. The highest BCUT2D eigenvalue weighted by molar-refractivity contribution is 5.66. The number of para-hydroxylation sites is 1. The van der Waals surface area contributed by atoms with Crippen LogP contribution in [0.2, 0.25) is 0 Å². The molecule has 0 fully saturated rings. The van der Waals surface area contributed by atoms with E-state index in [9.17, 15) is 8.78 Å². The highest BCUT2D eigenvalue weighted by Crippen LogP contribution is 2.25. The molecule has 2 heterocycles. The third-order valence-corrected chi connectivity index (χ3v) is 3.24. The molecule has 0 amide bonds. The number of anilines is 2. The molecule has 1 aromatic carbocycles. The van der Waals surface area contributed by atoms with Crippen molar-refractivity contribution < 1.29 is 13.5 Å². The maximum absolute atomic E-state index is 13.7. The first-order valence-electron chi connectivity index (χ1n) is 6.85. The van der Waals surface area contributed by atoms with Crippen LogP contribution in [0.4, 0.5) is 20.3 Å². The molecule has 0 saturated heterocycles. The van der Waals surface area contributed by atoms with Gasteiger partial charge in [-0.3, -0.25) is 4.98 Å². The largest absolute Gasteiger partial charge is 0.495 e. The molecule has 6 heteroatoms. The van der Waals surface area contributed by atoms with Crippen LogP contribution in [0.5, 0.6) is 5.75 Å². The number of aromatic nitrogens is 2. The number of nitrogens with zero attached hydrogens (tertiary/aromatic N) is 2. The Morgan fingerprint density at radius 3 is 2.43 bits per heavy atom. The van der Waals surface area contributed by atoms with Crippen molar-refractivity contribution in [3.63, 3.8) is 0 Å². The molecular formula is C17H13F2N3O. The maximum Gasteiger partial charge on any atom is 0.149 e. The standard InChI is InChI=1S/C17H13F2N3O/c1-23-12-5-6-15(21-10-12)11-7-8-20-16(9-11)22-17-13(18)3-2-4-14(17)19/h2-10H,1H3,(H,20,22). The summed E-state index contributed by atoms with van der Waals surface area (Å²) < 4.78 is 32.4. The second kappa shape index (κ2) is 6.39. The van der Waals surface area contributed by atoms with Crippen molar-refractivity contribution in [3.8, 4) is 17.0 Å². The van der Waals surface area contributed by atoms with Gasteiger partial charge in [0.2, 0.25) is 0 Å². The van der Waals surface area contributed by atoms with Crippen LogP contribution in [0.25, 0.3) is 11.3 Å². The lowest BCUT2D eigenvalue weighted by molar-refractivity contribution is 0.413. The minimum absolute atomic E-state index is 0.236. The van der Waals surface area contributed by atoms with E-state index in [-0.39, 0.29) is 5.69 Å². The number of ether oxygens (including phenoxy) is 1. The van der Waals surface area contributed by atoms with Gasteiger partial charge >= 0.3 is 0 Å². The Balaban J connectivity index is 1.90. The zero-order valence-corrected chi connectivity index (χ0v) is 12.3. The highest BCUT2D eigenvalue weighted by atomic mass is 19.1. The van der Waals surface area contributed by atoms with Crippen LogP contribution in [-0.2, 0) is 0 Å². The van der Waals surface area contributed by atoms with Gasteiger partial charge in [-0.1, -0.05) is 6.07 Å². The van der Waals surface area contributed by atoms with Crippen LogP contribution < -0.4 is 10.1 Å². The number of hydrogen-bond acceptors (Lipinski definition) is 4. The van der Waals surface area contributed by atoms with E-state index in [1.807, 2.05) is 0 Å². The normalized spacial score (nSPS) is 10.4. The Morgan fingerprint density at radius 2 is 1.78 bits per heavy atom. The molecule has 0 unspecified atom stereocenters. The number of rotatable bonds is 4. The van der Waals surface area contributed by atoms with E-state index in [1.54, 1.807) is 43.8 Å². The van der Waals surface area contributed by atoms with Crippen molar-refractivity contribution >= 4 is 11.5 Å². The van der Waals surface area contributed by atoms with Crippen molar-refractivity contribution in [3.05, 3.63) is 66.5 Å². The molecule has 0 atom stereocenters. The molecule has 0 aliphatic heterocycles. The number of benzene rings is 1. The second-order valence-electron chi connectivity index (χ2n) is 4.73. The van der Waals surface area contributed by atoms with Crippen molar-refractivity contribution in [2.75, 3.05) is 12.4 Å². The fourth-order valence-electron chi connectivity index (χ4n) is 2.08. The van der Waals surface area contributed by atoms with Crippen LogP contribution >= 0.6 is 0 Å². The van der Waals surface area contributed by atoms with Crippen molar-refractivity contribution in [2.45, 2.75) is 0 Å². The molecule has 1 N–H and O–H groups in total. The summed E-state index contributed by atoms with van der Waals surface area (Å²) in [6.07, 6.45) is 3.14. The second-order valence-corrected chi connectivity index (χ2v) is 4.73. The van der Waals surface area contributed by atoms with E-state index in [2.05, 4.69) is 15.3 Å². The monoisotopic (exact) mass is 313 g/mol. The average molecular weight is 313 g/mol. The summed E-state index contributed by atoms with van der Waals surface area (Å²) >= 11 is 0. The summed E-state index contributed by atoms with van der Waals surface area (Å²) in [6, 6.07) is 10.7. The van der Waals surface area contributed by atoms with Gasteiger partial charge in [0.15, 0.2) is 0 Å². The molecule has 3 rings (SSSR count). The number of nitrogens with one attached hydrogen (secondary N) is 1. The van der Waals surface area contributed by atoms with Gasteiger partial charge in [-0.05, 0) is 36.4 Å². The van der Waals surface area contributed by atoms with Gasteiger partial charge in [-0.25, -0.2) is 13.8 Å². The smallest absolute Gasteiger partial charge is 0.149 e. The molecule has 4 nitrogen and oxygen atoms in total. The highest BCUT2D eigenvalue weighted by Gasteiger charge is 2.10. The van der Waals surface area contributed by atoms with Crippen molar-refractivity contribution in [1.82, 2.24) is 9.97 Å². The van der Waals surface area contributed by atoms with E-state index in [4.69, 9.17) is 4.74 Å². The van der Waals surface area contributed by atoms with E-state index >= 15 is 0 Å². The van der Waals surface area contributed by atoms with Crippen molar-refractivity contribution in [1.29, 1.82) is 0 Å². The molecule has 3 aromatic rings. The van der Waals surface area contributed by atoms with Gasteiger partial charge in [0, 0.05) is 11.8 Å². The third-order valence-electron chi connectivity index (χ3n) is 3.24. The Morgan fingerprint density at radius 1 is 1.00 bits per heavy atom. The number of pyridine rings is 2. The van der Waals surface area contributed by atoms with Crippen LogP contribution in [-0.4, -0.2) is 17.1 Å². The maximum atomic E-state index is 13.7. The summed E-state index contributed by atoms with van der Waals surface area (Å²) in [5, 5.41) is 2.66. The molecule has 23 heavy (non-hydrogen) atoms. The predicted molar refractivity (Wildman–Crippen MR) is 83.7 cm³/mol. The van der Waals surface area contributed by atoms with Gasteiger partial charge in [0.1, 0.15) is 28.9 Å². The van der Waals surface area contributed by atoms with Gasteiger partial charge in [-0.2, -0.15) is 0 Å². The minimum atomic E-state index is -0.681. The SMILES string of the molecule is COc1ccc(-c2ccnc(Nc3c(F)cccc3F)c2)nc1. The van der Waals surface area contributed by atoms with Gasteiger partial charge in [0.05, 0.1) is 19.0 Å². The number of halogens is 2. The first kappa shape index (κ1) is 14.9. The first-order valence-corrected chi connectivity index (χ1v) is 6.85. The Hall–Kier alpha value is -3.02. The zero-order chi connectivity index (χ0) is 16.2. The van der Waals surface area contributed by atoms with E-state index in [0.717, 1.165) is 5.56 Å². The van der Waals surface area contributed by atoms with E-state index in [0.29, 0.717) is 17.3 Å². The number of hydrogen-bond donors (Lipinski definition) is 1. The first-order chi connectivity index (χ1) is 11.2. The van der Waals surface area contributed by atoms with Crippen LogP contribution in [0.1, 0.15) is 0 Å². The summed E-state index contributed by atoms with van der Waals surface area (Å²) in [5.74, 6) is -0.391. The molecule has 116 valence electrons. The Labute approximate surface area is 131 Å². The summed E-state index contributed by atoms with van der Waals surface area (Å²) in [7, 11) is 1.56. The van der Waals surface area contributed by atoms with Gasteiger partial charge < -0.3 is 10.1 Å². The van der Waals surface area contributed by atoms with Crippen LogP contribution in [0.15, 0.2) is 54.9 Å². The molecule has 0 spiro atoms. The third kappa shape index (κ3) is 3.26. The Kier molecular flexibility index (Phi) is 4.14. The number of methoxy groups -OCH3 is 1. The summed E-state index contributed by atoms with van der Waals surface area (Å²) in [4.78, 5) is 8.35. The zero-order valence-electron chi connectivity index (χ0n) is 12.3. The molecule has 0 radical (unpaired) electrons. The van der Waals surface area contributed by atoms with Gasteiger partial charge in [0.25, 0.3) is 0 Å². The summed E-state index contributed by atoms with van der Waals surface area (Å²) in [5.41, 5.74) is 1.23. The van der Waals surface area contributed by atoms with Crippen LogP contribution in [0.3, 0.4) is 0 Å². The van der Waals surface area contributed by atoms with E-state index < -0.39 is 11.6 Å². The quantitative estimate of drug-likeness (QED) is 0.785. The fraction of sp³-hybridized carbons (Fsp3) is 0.0588. The minimum Gasteiger partial charge on any atom is -0.495 e. The molecule has 0 aliphatic carbocycles. The lowest BCUT2D eigenvalue weighted by atomic mass is 10.1. The average Bonchev–Trinajstić information content (AvgIpc) is 2.59. The lowest BCUT2D eigenvalue weighted by Gasteiger charge is -2.09. The molecule has 0 saturated carbocycles. The fourth-order valence-corrected chi connectivity index (χ4v) is 2.08. The lowest BCUT2D eigenvalue weighted by Crippen LogP contribution is -1.99. The molecule has 0 aliphatic rings. The molecule has 2 aromatic heterocycles. The van der Waals surface area contributed by atoms with Gasteiger partial charge in [-0.15, -0.1) is 0 Å². The summed E-state index contributed by atoms with van der Waals surface area (Å²) in [6.45, 7) is 0. The molecular weight excluding hydrogens is 300 g/mol. The van der Waals surface area contributed by atoms with Crippen molar-refractivity contribution in [2.24, 2.45) is 0 Å². The molecule has 0 bridgehead atoms.